The number of hydrogen-bond acceptors (Lipinski definition) is 3. The molecule has 0 aliphatic rings. The fraction of sp³-hybridized carbons (Fsp3) is 0.278. The Bertz CT molecular complexity index is 670. The van der Waals surface area contributed by atoms with Crippen LogP contribution in [-0.4, -0.2) is 25.0 Å². The summed E-state index contributed by atoms with van der Waals surface area (Å²) < 4.78 is 23.5. The van der Waals surface area contributed by atoms with Gasteiger partial charge in [-0.25, -0.2) is 4.39 Å². The third-order valence-electron chi connectivity index (χ3n) is 3.59. The topological polar surface area (TPSA) is 38.8 Å². The standard InChI is InChI=1S/C18H20FNO3/c1-13(21)20(11-14-4-7-16(19)8-5-14)12-15-6-9-17(22-2)10-18(15)23-3/h4-10H,11-12H2,1-3H3. The first kappa shape index (κ1) is 16.8. The second kappa shape index (κ2) is 7.63. The zero-order chi connectivity index (χ0) is 16.8. The molecule has 0 aromatic heterocycles. The molecule has 0 aliphatic heterocycles. The van der Waals surface area contributed by atoms with E-state index in [2.05, 4.69) is 0 Å². The summed E-state index contributed by atoms with van der Waals surface area (Å²) in [5.74, 6) is 1.00. The van der Waals surface area contributed by atoms with Crippen molar-refractivity contribution >= 4 is 5.91 Å². The third kappa shape index (κ3) is 4.45. The highest BCUT2D eigenvalue weighted by molar-refractivity contribution is 5.73. The molecule has 2 aromatic carbocycles. The van der Waals surface area contributed by atoms with Gasteiger partial charge in [0.25, 0.3) is 0 Å². The van der Waals surface area contributed by atoms with Crippen LogP contribution in [-0.2, 0) is 17.9 Å². The highest BCUT2D eigenvalue weighted by Gasteiger charge is 2.14. The summed E-state index contributed by atoms with van der Waals surface area (Å²) in [5, 5.41) is 0. The fourth-order valence-corrected chi connectivity index (χ4v) is 2.28. The lowest BCUT2D eigenvalue weighted by Crippen LogP contribution is -2.27. The van der Waals surface area contributed by atoms with Crippen LogP contribution < -0.4 is 9.47 Å². The van der Waals surface area contributed by atoms with E-state index in [-0.39, 0.29) is 11.7 Å². The van der Waals surface area contributed by atoms with Crippen molar-refractivity contribution in [1.82, 2.24) is 4.90 Å². The second-order valence-corrected chi connectivity index (χ2v) is 5.18. The van der Waals surface area contributed by atoms with Crippen molar-refractivity contribution in [1.29, 1.82) is 0 Å². The largest absolute Gasteiger partial charge is 0.497 e. The van der Waals surface area contributed by atoms with Gasteiger partial charge in [-0.05, 0) is 29.8 Å². The van der Waals surface area contributed by atoms with Crippen molar-refractivity contribution in [3.63, 3.8) is 0 Å². The number of carbonyl (C=O) groups is 1. The van der Waals surface area contributed by atoms with Crippen LogP contribution in [0.3, 0.4) is 0 Å². The maximum atomic E-state index is 13.0. The predicted octanol–water partition coefficient (Wildman–Crippen LogP) is 3.39. The minimum absolute atomic E-state index is 0.0628. The van der Waals surface area contributed by atoms with E-state index in [9.17, 15) is 9.18 Å². The molecule has 0 radical (unpaired) electrons. The maximum Gasteiger partial charge on any atom is 0.220 e. The molecule has 0 fully saturated rings. The van der Waals surface area contributed by atoms with Crippen LogP contribution in [0.4, 0.5) is 4.39 Å². The van der Waals surface area contributed by atoms with Crippen LogP contribution >= 0.6 is 0 Å². The maximum absolute atomic E-state index is 13.0. The summed E-state index contributed by atoms with van der Waals surface area (Å²) >= 11 is 0. The Morgan fingerprint density at radius 3 is 2.30 bits per heavy atom. The van der Waals surface area contributed by atoms with E-state index < -0.39 is 0 Å². The molecule has 0 N–H and O–H groups in total. The Kier molecular flexibility index (Phi) is 5.57. The Morgan fingerprint density at radius 1 is 1.04 bits per heavy atom. The van der Waals surface area contributed by atoms with Gasteiger partial charge in [0.2, 0.25) is 5.91 Å². The van der Waals surface area contributed by atoms with Gasteiger partial charge < -0.3 is 14.4 Å². The normalized spacial score (nSPS) is 10.3. The highest BCUT2D eigenvalue weighted by atomic mass is 19.1. The minimum atomic E-state index is -0.292. The van der Waals surface area contributed by atoms with Crippen molar-refractivity contribution in [2.24, 2.45) is 0 Å². The Morgan fingerprint density at radius 2 is 1.74 bits per heavy atom. The molecular formula is C18H20FNO3. The van der Waals surface area contributed by atoms with Gasteiger partial charge >= 0.3 is 0 Å². The van der Waals surface area contributed by atoms with Gasteiger partial charge in [0.05, 0.1) is 14.2 Å². The number of benzene rings is 2. The predicted molar refractivity (Wildman–Crippen MR) is 85.9 cm³/mol. The number of amides is 1. The zero-order valence-corrected chi connectivity index (χ0v) is 13.5. The Balaban J connectivity index is 2.19. The monoisotopic (exact) mass is 317 g/mol. The quantitative estimate of drug-likeness (QED) is 0.820. The minimum Gasteiger partial charge on any atom is -0.497 e. The SMILES string of the molecule is COc1ccc(CN(Cc2ccc(F)cc2)C(C)=O)c(OC)c1. The number of hydrogen-bond donors (Lipinski definition) is 0. The molecule has 0 atom stereocenters. The fourth-order valence-electron chi connectivity index (χ4n) is 2.28. The summed E-state index contributed by atoms with van der Waals surface area (Å²) in [7, 11) is 3.17. The number of ether oxygens (including phenoxy) is 2. The summed E-state index contributed by atoms with van der Waals surface area (Å²) in [6.45, 7) is 2.32. The van der Waals surface area contributed by atoms with E-state index >= 15 is 0 Å². The Labute approximate surface area is 135 Å². The average Bonchev–Trinajstić information content (AvgIpc) is 2.56. The first-order valence-corrected chi connectivity index (χ1v) is 7.24. The zero-order valence-electron chi connectivity index (χ0n) is 13.5. The van der Waals surface area contributed by atoms with Gasteiger partial charge in [0.15, 0.2) is 0 Å². The molecule has 0 spiro atoms. The van der Waals surface area contributed by atoms with Crippen LogP contribution in [0.1, 0.15) is 18.1 Å². The van der Waals surface area contributed by atoms with Crippen molar-refractivity contribution in [2.75, 3.05) is 14.2 Å². The number of methoxy groups -OCH3 is 2. The summed E-state index contributed by atoms with van der Waals surface area (Å²) in [4.78, 5) is 13.6. The van der Waals surface area contributed by atoms with Crippen LogP contribution in [0, 0.1) is 5.82 Å². The molecule has 0 saturated heterocycles. The molecule has 4 nitrogen and oxygen atoms in total. The first-order valence-electron chi connectivity index (χ1n) is 7.24. The highest BCUT2D eigenvalue weighted by Crippen LogP contribution is 2.26. The van der Waals surface area contributed by atoms with Gasteiger partial charge in [-0.1, -0.05) is 12.1 Å². The number of nitrogens with zero attached hydrogens (tertiary/aromatic N) is 1. The van der Waals surface area contributed by atoms with Crippen LogP contribution in [0.15, 0.2) is 42.5 Å². The van der Waals surface area contributed by atoms with Crippen LogP contribution in [0.25, 0.3) is 0 Å². The van der Waals surface area contributed by atoms with Gasteiger partial charge in [0.1, 0.15) is 17.3 Å². The van der Waals surface area contributed by atoms with E-state index in [1.165, 1.54) is 19.1 Å². The van der Waals surface area contributed by atoms with Crippen LogP contribution in [0.2, 0.25) is 0 Å². The molecule has 1 amide bonds. The number of halogens is 1. The molecule has 2 rings (SSSR count). The van der Waals surface area contributed by atoms with Crippen molar-refractivity contribution in [2.45, 2.75) is 20.0 Å². The average molecular weight is 317 g/mol. The number of carbonyl (C=O) groups excluding carboxylic acids is 1. The second-order valence-electron chi connectivity index (χ2n) is 5.18. The van der Waals surface area contributed by atoms with E-state index in [0.29, 0.717) is 24.6 Å². The van der Waals surface area contributed by atoms with Gasteiger partial charge in [-0.15, -0.1) is 0 Å². The summed E-state index contributed by atoms with van der Waals surface area (Å²) in [6, 6.07) is 11.6. The molecule has 5 heteroatoms. The molecule has 122 valence electrons. The number of rotatable bonds is 6. The van der Waals surface area contributed by atoms with E-state index in [1.807, 2.05) is 12.1 Å². The lowest BCUT2D eigenvalue weighted by molar-refractivity contribution is -0.130. The third-order valence-corrected chi connectivity index (χ3v) is 3.59. The van der Waals surface area contributed by atoms with Crippen molar-refractivity contribution in [3.8, 4) is 11.5 Å². The molecule has 0 unspecified atom stereocenters. The van der Waals surface area contributed by atoms with E-state index in [1.54, 1.807) is 37.3 Å². The summed E-state index contributed by atoms with van der Waals surface area (Å²) in [6.07, 6.45) is 0. The van der Waals surface area contributed by atoms with E-state index in [4.69, 9.17) is 9.47 Å². The molecule has 0 bridgehead atoms. The summed E-state index contributed by atoms with van der Waals surface area (Å²) in [5.41, 5.74) is 1.75. The van der Waals surface area contributed by atoms with Gasteiger partial charge in [-0.2, -0.15) is 0 Å². The molecule has 23 heavy (non-hydrogen) atoms. The molecule has 0 aliphatic carbocycles. The molecular weight excluding hydrogens is 297 g/mol. The molecule has 2 aromatic rings. The lowest BCUT2D eigenvalue weighted by atomic mass is 10.1. The lowest BCUT2D eigenvalue weighted by Gasteiger charge is -2.22. The van der Waals surface area contributed by atoms with Crippen molar-refractivity contribution in [3.05, 3.63) is 59.4 Å². The van der Waals surface area contributed by atoms with Gasteiger partial charge in [0, 0.05) is 31.6 Å². The van der Waals surface area contributed by atoms with Crippen LogP contribution in [0.5, 0.6) is 11.5 Å². The molecule has 0 heterocycles. The Hall–Kier alpha value is -2.56. The van der Waals surface area contributed by atoms with Crippen molar-refractivity contribution < 1.29 is 18.7 Å². The molecule has 0 saturated carbocycles. The van der Waals surface area contributed by atoms with Gasteiger partial charge in [-0.3, -0.25) is 4.79 Å². The van der Waals surface area contributed by atoms with E-state index in [0.717, 1.165) is 11.1 Å². The first-order chi connectivity index (χ1) is 11.0. The smallest absolute Gasteiger partial charge is 0.220 e.